The summed E-state index contributed by atoms with van der Waals surface area (Å²) in [5.41, 5.74) is 2.58. The van der Waals surface area contributed by atoms with Gasteiger partial charge in [-0.15, -0.1) is 0 Å². The van der Waals surface area contributed by atoms with E-state index in [2.05, 4.69) is 24.8 Å². The maximum Gasteiger partial charge on any atom is 0.0992 e. The first-order chi connectivity index (χ1) is 9.43. The van der Waals surface area contributed by atoms with Crippen molar-refractivity contribution in [1.82, 2.24) is 0 Å². The van der Waals surface area contributed by atoms with Crippen LogP contribution in [-0.2, 0) is 0 Å². The van der Waals surface area contributed by atoms with E-state index in [0.29, 0.717) is 10.3 Å². The molecule has 1 aromatic carbocycles. The van der Waals surface area contributed by atoms with E-state index < -0.39 is 6.10 Å². The Morgan fingerprint density at radius 1 is 1.40 bits per heavy atom. The number of nitrogens with zero attached hydrogens (tertiary/aromatic N) is 2. The summed E-state index contributed by atoms with van der Waals surface area (Å²) in [6.07, 6.45) is 0.593. The van der Waals surface area contributed by atoms with Crippen LogP contribution in [0.1, 0.15) is 44.4 Å². The van der Waals surface area contributed by atoms with Crippen LogP contribution in [0.4, 0.5) is 5.69 Å². The van der Waals surface area contributed by atoms with Crippen molar-refractivity contribution in [1.29, 1.82) is 5.26 Å². The first-order valence-electron chi connectivity index (χ1n) is 7.04. The van der Waals surface area contributed by atoms with E-state index >= 15 is 0 Å². The zero-order chi connectivity index (χ0) is 14.8. The van der Waals surface area contributed by atoms with Crippen molar-refractivity contribution in [2.75, 3.05) is 23.7 Å². The van der Waals surface area contributed by atoms with Crippen LogP contribution in [0.15, 0.2) is 18.2 Å². The van der Waals surface area contributed by atoms with E-state index in [9.17, 15) is 5.11 Å². The lowest BCUT2D eigenvalue weighted by Gasteiger charge is -2.27. The molecule has 2 rings (SSSR count). The minimum atomic E-state index is -0.512. The summed E-state index contributed by atoms with van der Waals surface area (Å²) in [4.78, 5) is 2.31. The van der Waals surface area contributed by atoms with Gasteiger partial charge in [-0.3, -0.25) is 0 Å². The Labute approximate surface area is 125 Å². The van der Waals surface area contributed by atoms with Crippen LogP contribution in [0.3, 0.4) is 0 Å². The molecular weight excluding hydrogens is 268 g/mol. The molecule has 0 spiro atoms. The molecule has 0 radical (unpaired) electrons. The number of rotatable bonds is 2. The molecule has 1 aromatic rings. The Kier molecular flexibility index (Phi) is 4.62. The van der Waals surface area contributed by atoms with Gasteiger partial charge in [0.1, 0.15) is 0 Å². The fourth-order valence-corrected chi connectivity index (χ4v) is 3.60. The molecule has 20 heavy (non-hydrogen) atoms. The summed E-state index contributed by atoms with van der Waals surface area (Å²) in [6.45, 7) is 8.27. The molecule has 1 unspecified atom stereocenters. The highest BCUT2D eigenvalue weighted by atomic mass is 32.2. The molecule has 1 N–H and O–H groups in total. The third-order valence-corrected chi connectivity index (χ3v) is 5.16. The van der Waals surface area contributed by atoms with Crippen LogP contribution < -0.4 is 4.90 Å². The van der Waals surface area contributed by atoms with Crippen molar-refractivity contribution >= 4 is 17.4 Å². The molecule has 3 nitrogen and oxygen atoms in total. The summed E-state index contributed by atoms with van der Waals surface area (Å²) in [5.74, 6) is 1.07. The normalized spacial score (nSPS) is 20.1. The quantitative estimate of drug-likeness (QED) is 0.907. The van der Waals surface area contributed by atoms with Crippen molar-refractivity contribution in [3.05, 3.63) is 29.3 Å². The van der Waals surface area contributed by atoms with Crippen molar-refractivity contribution < 1.29 is 5.11 Å². The van der Waals surface area contributed by atoms with Gasteiger partial charge in [0.15, 0.2) is 0 Å². The number of aliphatic hydroxyl groups is 1. The Morgan fingerprint density at radius 2 is 2.15 bits per heavy atom. The molecule has 0 aromatic heterocycles. The number of thioether (sulfide) groups is 1. The largest absolute Gasteiger partial charge is 0.389 e. The first kappa shape index (κ1) is 15.2. The molecule has 1 atom stereocenters. The van der Waals surface area contributed by atoms with Crippen molar-refractivity contribution in [2.45, 2.75) is 38.0 Å². The fourth-order valence-electron chi connectivity index (χ4n) is 2.50. The van der Waals surface area contributed by atoms with Crippen LogP contribution in [0.25, 0.3) is 0 Å². The standard InChI is InChI=1S/C16H22N2OS/c1-12(19)14-5-4-13(11-17)10-15(14)18-7-6-16(2,3)20-9-8-18/h4-5,10,12,19H,6-9H2,1-3H3. The van der Waals surface area contributed by atoms with E-state index in [4.69, 9.17) is 5.26 Å². The Balaban J connectivity index is 2.33. The van der Waals surface area contributed by atoms with Gasteiger partial charge in [-0.1, -0.05) is 19.9 Å². The van der Waals surface area contributed by atoms with Gasteiger partial charge in [-0.2, -0.15) is 17.0 Å². The van der Waals surface area contributed by atoms with Crippen LogP contribution in [0.5, 0.6) is 0 Å². The summed E-state index contributed by atoms with van der Waals surface area (Å²) < 4.78 is 0.298. The van der Waals surface area contributed by atoms with Gasteiger partial charge in [0.2, 0.25) is 0 Å². The van der Waals surface area contributed by atoms with Crippen LogP contribution in [0.2, 0.25) is 0 Å². The molecule has 0 amide bonds. The molecule has 1 saturated heterocycles. The third-order valence-electron chi connectivity index (χ3n) is 3.79. The number of hydrogen-bond acceptors (Lipinski definition) is 4. The predicted molar refractivity (Wildman–Crippen MR) is 85.2 cm³/mol. The minimum absolute atomic E-state index is 0.298. The molecule has 0 aliphatic carbocycles. The highest BCUT2D eigenvalue weighted by molar-refractivity contribution is 8.00. The first-order valence-corrected chi connectivity index (χ1v) is 8.02. The zero-order valence-corrected chi connectivity index (χ0v) is 13.2. The number of anilines is 1. The van der Waals surface area contributed by atoms with Crippen molar-refractivity contribution in [2.24, 2.45) is 0 Å². The average Bonchev–Trinajstić information content (AvgIpc) is 2.58. The second kappa shape index (κ2) is 6.07. The zero-order valence-electron chi connectivity index (χ0n) is 12.4. The second-order valence-electron chi connectivity index (χ2n) is 5.91. The van der Waals surface area contributed by atoms with Crippen molar-refractivity contribution in [3.8, 4) is 6.07 Å². The lowest BCUT2D eigenvalue weighted by Crippen LogP contribution is -2.28. The molecule has 1 aliphatic heterocycles. The molecular formula is C16H22N2OS. The fraction of sp³-hybridized carbons (Fsp3) is 0.562. The van der Waals surface area contributed by atoms with Crippen molar-refractivity contribution in [3.63, 3.8) is 0 Å². The minimum Gasteiger partial charge on any atom is -0.389 e. The maximum absolute atomic E-state index is 9.96. The van der Waals surface area contributed by atoms with E-state index in [1.54, 1.807) is 13.0 Å². The van der Waals surface area contributed by atoms with E-state index in [0.717, 1.165) is 36.5 Å². The van der Waals surface area contributed by atoms with Crippen LogP contribution in [0, 0.1) is 11.3 Å². The SMILES string of the molecule is CC(O)c1ccc(C#N)cc1N1CCSC(C)(C)CC1. The highest BCUT2D eigenvalue weighted by Gasteiger charge is 2.25. The monoisotopic (exact) mass is 290 g/mol. The summed E-state index contributed by atoms with van der Waals surface area (Å²) >= 11 is 1.99. The lowest BCUT2D eigenvalue weighted by molar-refractivity contribution is 0.199. The maximum atomic E-state index is 9.96. The summed E-state index contributed by atoms with van der Waals surface area (Å²) in [7, 11) is 0. The van der Waals surface area contributed by atoms with Gasteiger partial charge in [0.25, 0.3) is 0 Å². The average molecular weight is 290 g/mol. The Morgan fingerprint density at radius 3 is 2.80 bits per heavy atom. The number of aliphatic hydroxyl groups excluding tert-OH is 1. The molecule has 1 heterocycles. The Bertz CT molecular complexity index is 520. The van der Waals surface area contributed by atoms with Gasteiger partial charge in [0.05, 0.1) is 17.7 Å². The van der Waals surface area contributed by atoms with Gasteiger partial charge < -0.3 is 10.0 Å². The molecule has 1 fully saturated rings. The van der Waals surface area contributed by atoms with Gasteiger partial charge >= 0.3 is 0 Å². The molecule has 108 valence electrons. The van der Waals surface area contributed by atoms with Crippen LogP contribution in [-0.4, -0.2) is 28.7 Å². The molecule has 1 aliphatic rings. The van der Waals surface area contributed by atoms with E-state index in [1.807, 2.05) is 23.9 Å². The third kappa shape index (κ3) is 3.47. The number of nitriles is 1. The highest BCUT2D eigenvalue weighted by Crippen LogP contribution is 2.34. The lowest BCUT2D eigenvalue weighted by atomic mass is 10.0. The molecule has 0 saturated carbocycles. The van der Waals surface area contributed by atoms with E-state index in [1.165, 1.54) is 0 Å². The predicted octanol–water partition coefficient (Wildman–Crippen LogP) is 3.33. The van der Waals surface area contributed by atoms with Gasteiger partial charge in [0, 0.05) is 34.8 Å². The molecule has 4 heteroatoms. The second-order valence-corrected chi connectivity index (χ2v) is 7.71. The number of benzene rings is 1. The van der Waals surface area contributed by atoms with E-state index in [-0.39, 0.29) is 0 Å². The number of hydrogen-bond donors (Lipinski definition) is 1. The molecule has 0 bridgehead atoms. The summed E-state index contributed by atoms with van der Waals surface area (Å²) in [6, 6.07) is 7.76. The topological polar surface area (TPSA) is 47.3 Å². The Hall–Kier alpha value is -1.18. The summed E-state index contributed by atoms with van der Waals surface area (Å²) in [5, 5.41) is 19.1. The van der Waals surface area contributed by atoms with Gasteiger partial charge in [-0.25, -0.2) is 0 Å². The van der Waals surface area contributed by atoms with Gasteiger partial charge in [-0.05, 0) is 25.5 Å². The van der Waals surface area contributed by atoms with Crippen LogP contribution >= 0.6 is 11.8 Å². The smallest absolute Gasteiger partial charge is 0.0992 e.